The summed E-state index contributed by atoms with van der Waals surface area (Å²) in [6.45, 7) is 0.499. The Bertz CT molecular complexity index is 825. The first-order chi connectivity index (χ1) is 11.2. The van der Waals surface area contributed by atoms with Crippen molar-refractivity contribution in [3.63, 3.8) is 0 Å². The Hall–Kier alpha value is -2.73. The molecule has 0 aliphatic rings. The van der Waals surface area contributed by atoms with Crippen molar-refractivity contribution in [3.8, 4) is 11.5 Å². The van der Waals surface area contributed by atoms with Crippen molar-refractivity contribution in [3.05, 3.63) is 47.7 Å². The number of fused-ring (bicyclic) bond motifs is 1. The number of hydrogen-bond donors (Lipinski definition) is 1. The second-order valence-electron chi connectivity index (χ2n) is 5.16. The molecule has 0 spiro atoms. The first kappa shape index (κ1) is 15.2. The fourth-order valence-electron chi connectivity index (χ4n) is 2.25. The lowest BCUT2D eigenvalue weighted by atomic mass is 10.1. The number of nitrogens with zero attached hydrogens (tertiary/aromatic N) is 2. The lowest BCUT2D eigenvalue weighted by Gasteiger charge is -1.99. The average molecular weight is 311 g/mol. The van der Waals surface area contributed by atoms with Crippen LogP contribution in [0.5, 0.6) is 0 Å². The molecule has 0 unspecified atom stereocenters. The molecular formula is C17H17N3O3. The van der Waals surface area contributed by atoms with Gasteiger partial charge in [-0.05, 0) is 35.7 Å². The van der Waals surface area contributed by atoms with Crippen LogP contribution in [0.25, 0.3) is 22.7 Å². The Morgan fingerprint density at radius 3 is 2.74 bits per heavy atom. The highest BCUT2D eigenvalue weighted by Gasteiger charge is 2.11. The van der Waals surface area contributed by atoms with Gasteiger partial charge in [0.15, 0.2) is 11.2 Å². The van der Waals surface area contributed by atoms with Crippen LogP contribution in [-0.4, -0.2) is 23.0 Å². The van der Waals surface area contributed by atoms with Crippen molar-refractivity contribution >= 4 is 17.2 Å². The van der Waals surface area contributed by atoms with Crippen molar-refractivity contribution in [1.82, 2.24) is 9.97 Å². The van der Waals surface area contributed by atoms with E-state index in [0.717, 1.165) is 16.7 Å². The summed E-state index contributed by atoms with van der Waals surface area (Å²) in [6, 6.07) is 9.59. The summed E-state index contributed by atoms with van der Waals surface area (Å²) in [5, 5.41) is 0. The standard InChI is InChI=1S/C17H17N3O3/c1-22-15(21)7-4-12-8-14-16(19-10-12)20-17(23-14)13-5-2-11(9-18)3-6-13/h2-3,5-6,8,10H,4,7,9,18H2,1H3. The van der Waals surface area contributed by atoms with Gasteiger partial charge in [-0.15, -0.1) is 0 Å². The minimum Gasteiger partial charge on any atom is -0.469 e. The van der Waals surface area contributed by atoms with E-state index in [0.29, 0.717) is 36.5 Å². The van der Waals surface area contributed by atoms with E-state index in [4.69, 9.17) is 10.2 Å². The number of aromatic nitrogens is 2. The Morgan fingerprint density at radius 1 is 1.26 bits per heavy atom. The molecule has 0 saturated carbocycles. The molecule has 3 aromatic rings. The van der Waals surface area contributed by atoms with Crippen molar-refractivity contribution < 1.29 is 13.9 Å². The molecule has 6 nitrogen and oxygen atoms in total. The average Bonchev–Trinajstić information content (AvgIpc) is 3.03. The normalized spacial score (nSPS) is 10.9. The van der Waals surface area contributed by atoms with Crippen LogP contribution in [0.4, 0.5) is 0 Å². The quantitative estimate of drug-likeness (QED) is 0.728. The Labute approximate surface area is 133 Å². The van der Waals surface area contributed by atoms with Crippen molar-refractivity contribution in [2.24, 2.45) is 5.73 Å². The fraction of sp³-hybridized carbons (Fsp3) is 0.235. The number of carbonyl (C=O) groups is 1. The fourth-order valence-corrected chi connectivity index (χ4v) is 2.25. The van der Waals surface area contributed by atoms with E-state index >= 15 is 0 Å². The lowest BCUT2D eigenvalue weighted by molar-refractivity contribution is -0.140. The van der Waals surface area contributed by atoms with Crippen LogP contribution in [0, 0.1) is 0 Å². The van der Waals surface area contributed by atoms with Gasteiger partial charge in [0.25, 0.3) is 0 Å². The Morgan fingerprint density at radius 2 is 2.04 bits per heavy atom. The van der Waals surface area contributed by atoms with E-state index in [1.807, 2.05) is 30.3 Å². The van der Waals surface area contributed by atoms with E-state index in [-0.39, 0.29) is 5.97 Å². The molecule has 118 valence electrons. The van der Waals surface area contributed by atoms with Crippen LogP contribution in [0.1, 0.15) is 17.5 Å². The summed E-state index contributed by atoms with van der Waals surface area (Å²) in [6.07, 6.45) is 2.57. The van der Waals surface area contributed by atoms with Gasteiger partial charge in [0.2, 0.25) is 5.89 Å². The number of esters is 1. The van der Waals surface area contributed by atoms with Gasteiger partial charge in [0.05, 0.1) is 7.11 Å². The molecule has 6 heteroatoms. The minimum absolute atomic E-state index is 0.247. The predicted molar refractivity (Wildman–Crippen MR) is 85.5 cm³/mol. The summed E-state index contributed by atoms with van der Waals surface area (Å²) in [5.74, 6) is 0.268. The zero-order valence-corrected chi connectivity index (χ0v) is 12.8. The van der Waals surface area contributed by atoms with Gasteiger partial charge >= 0.3 is 5.97 Å². The number of methoxy groups -OCH3 is 1. The molecule has 23 heavy (non-hydrogen) atoms. The smallest absolute Gasteiger partial charge is 0.305 e. The van der Waals surface area contributed by atoms with E-state index in [9.17, 15) is 4.79 Å². The number of carbonyl (C=O) groups excluding carboxylic acids is 1. The van der Waals surface area contributed by atoms with Gasteiger partial charge in [-0.2, -0.15) is 4.98 Å². The topological polar surface area (TPSA) is 91.2 Å². The number of hydrogen-bond acceptors (Lipinski definition) is 6. The minimum atomic E-state index is -0.247. The third-order valence-electron chi connectivity index (χ3n) is 3.59. The highest BCUT2D eigenvalue weighted by Crippen LogP contribution is 2.24. The largest absolute Gasteiger partial charge is 0.469 e. The maximum absolute atomic E-state index is 11.2. The third-order valence-corrected chi connectivity index (χ3v) is 3.59. The van der Waals surface area contributed by atoms with Gasteiger partial charge in [-0.3, -0.25) is 4.79 Å². The van der Waals surface area contributed by atoms with Crippen LogP contribution >= 0.6 is 0 Å². The van der Waals surface area contributed by atoms with Crippen LogP contribution in [0.15, 0.2) is 40.9 Å². The molecule has 0 saturated heterocycles. The van der Waals surface area contributed by atoms with E-state index in [2.05, 4.69) is 14.7 Å². The maximum Gasteiger partial charge on any atom is 0.305 e. The highest BCUT2D eigenvalue weighted by atomic mass is 16.5. The predicted octanol–water partition coefficient (Wildman–Crippen LogP) is 2.45. The third kappa shape index (κ3) is 3.37. The lowest BCUT2D eigenvalue weighted by Crippen LogP contribution is -2.01. The summed E-state index contributed by atoms with van der Waals surface area (Å²) in [5.41, 5.74) is 9.57. The molecule has 0 fully saturated rings. The summed E-state index contributed by atoms with van der Waals surface area (Å²) in [7, 11) is 1.38. The molecule has 0 amide bonds. The molecule has 0 aliphatic heterocycles. The second-order valence-corrected chi connectivity index (χ2v) is 5.16. The number of ether oxygens (including phenoxy) is 1. The zero-order valence-electron chi connectivity index (χ0n) is 12.8. The van der Waals surface area contributed by atoms with Crippen LogP contribution in [0.2, 0.25) is 0 Å². The molecule has 2 aromatic heterocycles. The molecule has 2 heterocycles. The first-order valence-corrected chi connectivity index (χ1v) is 7.31. The second kappa shape index (κ2) is 6.58. The first-order valence-electron chi connectivity index (χ1n) is 7.31. The van der Waals surface area contributed by atoms with Gasteiger partial charge in [-0.25, -0.2) is 4.98 Å². The SMILES string of the molecule is COC(=O)CCc1cnc2nc(-c3ccc(CN)cc3)oc2c1. The van der Waals surface area contributed by atoms with Crippen molar-refractivity contribution in [2.75, 3.05) is 7.11 Å². The maximum atomic E-state index is 11.2. The van der Waals surface area contributed by atoms with E-state index in [1.165, 1.54) is 7.11 Å². The molecule has 3 rings (SSSR count). The van der Waals surface area contributed by atoms with Gasteiger partial charge < -0.3 is 14.9 Å². The Balaban J connectivity index is 1.84. The number of oxazole rings is 1. The molecule has 0 aliphatic carbocycles. The van der Waals surface area contributed by atoms with Gasteiger partial charge in [0.1, 0.15) is 0 Å². The number of nitrogens with two attached hydrogens (primary N) is 1. The summed E-state index contributed by atoms with van der Waals surface area (Å²) in [4.78, 5) is 19.9. The molecule has 2 N–H and O–H groups in total. The number of aryl methyl sites for hydroxylation is 1. The molecule has 0 radical (unpaired) electrons. The summed E-state index contributed by atoms with van der Waals surface area (Å²) < 4.78 is 10.4. The van der Waals surface area contributed by atoms with E-state index < -0.39 is 0 Å². The van der Waals surface area contributed by atoms with Gasteiger partial charge in [-0.1, -0.05) is 12.1 Å². The molecule has 0 bridgehead atoms. The van der Waals surface area contributed by atoms with Crippen LogP contribution in [-0.2, 0) is 22.5 Å². The monoisotopic (exact) mass is 311 g/mol. The molecule has 1 aromatic carbocycles. The Kier molecular flexibility index (Phi) is 4.34. The summed E-state index contributed by atoms with van der Waals surface area (Å²) >= 11 is 0. The van der Waals surface area contributed by atoms with E-state index in [1.54, 1.807) is 6.20 Å². The van der Waals surface area contributed by atoms with Crippen molar-refractivity contribution in [2.45, 2.75) is 19.4 Å². The number of pyridine rings is 1. The van der Waals surface area contributed by atoms with Crippen LogP contribution in [0.3, 0.4) is 0 Å². The van der Waals surface area contributed by atoms with Crippen LogP contribution < -0.4 is 5.73 Å². The molecular weight excluding hydrogens is 294 g/mol. The van der Waals surface area contributed by atoms with Crippen molar-refractivity contribution in [1.29, 1.82) is 0 Å². The zero-order chi connectivity index (χ0) is 16.2. The number of benzene rings is 1. The highest BCUT2D eigenvalue weighted by molar-refractivity contribution is 5.73. The number of rotatable bonds is 5. The molecule has 0 atom stereocenters. The van der Waals surface area contributed by atoms with Gasteiger partial charge in [0, 0.05) is 24.7 Å².